The molecule has 0 atom stereocenters. The molecule has 0 fully saturated rings. The van der Waals surface area contributed by atoms with Crippen molar-refractivity contribution < 1.29 is 22.8 Å². The van der Waals surface area contributed by atoms with Gasteiger partial charge in [0, 0.05) is 22.8 Å². The second-order valence-electron chi connectivity index (χ2n) is 3.70. The van der Waals surface area contributed by atoms with Crippen molar-refractivity contribution in [2.75, 3.05) is 25.6 Å². The number of hydrogen-bond donors (Lipinski definition) is 0. The fourth-order valence-electron chi connectivity index (χ4n) is 1.25. The number of non-ortho nitro benzene ring substituents is 1. The van der Waals surface area contributed by atoms with Crippen molar-refractivity contribution in [1.29, 1.82) is 0 Å². The van der Waals surface area contributed by atoms with Crippen LogP contribution in [0.3, 0.4) is 0 Å². The van der Waals surface area contributed by atoms with Crippen LogP contribution in [-0.4, -0.2) is 38.9 Å². The van der Waals surface area contributed by atoms with E-state index in [0.29, 0.717) is 0 Å². The van der Waals surface area contributed by atoms with Gasteiger partial charge in [0.1, 0.15) is 6.61 Å². The van der Waals surface area contributed by atoms with Crippen LogP contribution in [0.15, 0.2) is 12.1 Å². The fourth-order valence-corrected chi connectivity index (χ4v) is 2.34. The van der Waals surface area contributed by atoms with Crippen molar-refractivity contribution in [2.24, 2.45) is 0 Å². The minimum Gasteiger partial charge on any atom is -0.488 e. The van der Waals surface area contributed by atoms with Gasteiger partial charge in [0.15, 0.2) is 5.75 Å². The highest BCUT2D eigenvalue weighted by Gasteiger charge is 2.15. The minimum absolute atomic E-state index is 0.00228. The summed E-state index contributed by atoms with van der Waals surface area (Å²) in [5.74, 6) is -0.217. The molecule has 1 rings (SSSR count). The summed E-state index contributed by atoms with van der Waals surface area (Å²) in [7, 11) is 1.41. The lowest BCUT2D eigenvalue weighted by Gasteiger charge is -2.10. The Hall–Kier alpha value is -0.800. The van der Waals surface area contributed by atoms with Crippen LogP contribution in [-0.2, 0) is 13.8 Å². The Morgan fingerprint density at radius 1 is 1.14 bits per heavy atom. The third-order valence-corrected chi connectivity index (χ3v) is 3.82. The lowest BCUT2D eigenvalue weighted by molar-refractivity contribution is -0.384. The van der Waals surface area contributed by atoms with Gasteiger partial charge in [-0.05, 0) is 0 Å². The fraction of sp³-hybridized carbons (Fsp3) is 0.400. The molecule has 0 heterocycles. The van der Waals surface area contributed by atoms with Crippen LogP contribution in [0.25, 0.3) is 0 Å². The summed E-state index contributed by atoms with van der Waals surface area (Å²) >= 11 is 11.7. The van der Waals surface area contributed by atoms with E-state index in [2.05, 4.69) is 0 Å². The van der Waals surface area contributed by atoms with E-state index < -0.39 is 14.0 Å². The van der Waals surface area contributed by atoms with E-state index in [1.165, 1.54) is 0 Å². The van der Waals surface area contributed by atoms with Gasteiger partial charge >= 0.3 is 0 Å². The molecule has 0 bridgehead atoms. The summed E-state index contributed by atoms with van der Waals surface area (Å²) < 4.78 is 31.5. The molecule has 7 nitrogen and oxygen atoms in total. The molecule has 0 aliphatic heterocycles. The zero-order valence-corrected chi connectivity index (χ0v) is 13.5. The third kappa shape index (κ3) is 6.66. The first-order valence-corrected chi connectivity index (χ1v) is 8.70. The molecule has 0 aliphatic carbocycles. The number of rotatable bonds is 8. The van der Waals surface area contributed by atoms with Gasteiger partial charge in [-0.25, -0.2) is 8.42 Å². The van der Waals surface area contributed by atoms with Gasteiger partial charge in [0.2, 0.25) is 9.05 Å². The largest absolute Gasteiger partial charge is 0.488 e. The molecule has 0 spiro atoms. The van der Waals surface area contributed by atoms with Gasteiger partial charge in [0.25, 0.3) is 5.69 Å². The van der Waals surface area contributed by atoms with Crippen molar-refractivity contribution in [1.82, 2.24) is 0 Å². The molecular formula is C10H10Cl3NO6S. The summed E-state index contributed by atoms with van der Waals surface area (Å²) in [6.07, 6.45) is 0. The molecule has 11 heteroatoms. The maximum atomic E-state index is 10.6. The molecule has 21 heavy (non-hydrogen) atoms. The van der Waals surface area contributed by atoms with Crippen LogP contribution in [0.5, 0.6) is 5.75 Å². The number of benzene rings is 1. The van der Waals surface area contributed by atoms with E-state index in [1.54, 1.807) is 0 Å². The van der Waals surface area contributed by atoms with Crippen molar-refractivity contribution in [3.63, 3.8) is 0 Å². The molecule has 0 N–H and O–H groups in total. The Balaban J connectivity index is 2.48. The molecule has 0 amide bonds. The van der Waals surface area contributed by atoms with E-state index in [9.17, 15) is 18.5 Å². The van der Waals surface area contributed by atoms with Crippen molar-refractivity contribution >= 4 is 48.6 Å². The summed E-state index contributed by atoms with van der Waals surface area (Å²) in [5, 5.41) is 10.6. The van der Waals surface area contributed by atoms with Gasteiger partial charge in [-0.15, -0.1) is 0 Å². The van der Waals surface area contributed by atoms with Crippen molar-refractivity contribution in [3.8, 4) is 5.75 Å². The standard InChI is InChI=1S/C10H10Cl3NO6S/c11-8-5-7(14(15)16)6-9(12)10(8)20-2-1-19-3-4-21(13,17)18/h5-6H,1-4H2. The van der Waals surface area contributed by atoms with Gasteiger partial charge < -0.3 is 9.47 Å². The molecule has 0 radical (unpaired) electrons. The van der Waals surface area contributed by atoms with Gasteiger partial charge in [0.05, 0.1) is 33.9 Å². The first kappa shape index (κ1) is 18.2. The molecule has 118 valence electrons. The van der Waals surface area contributed by atoms with Crippen LogP contribution in [0.4, 0.5) is 5.69 Å². The predicted molar refractivity (Wildman–Crippen MR) is 79.1 cm³/mol. The number of halogens is 3. The second-order valence-corrected chi connectivity index (χ2v) is 7.41. The number of nitro benzene ring substituents is 1. The quantitative estimate of drug-likeness (QED) is 0.299. The lowest BCUT2D eigenvalue weighted by atomic mass is 10.3. The first-order valence-electron chi connectivity index (χ1n) is 5.47. The lowest BCUT2D eigenvalue weighted by Crippen LogP contribution is -2.12. The molecule has 0 aliphatic rings. The Bertz CT molecular complexity index is 598. The van der Waals surface area contributed by atoms with Crippen LogP contribution in [0.1, 0.15) is 0 Å². The number of hydrogen-bond acceptors (Lipinski definition) is 6. The van der Waals surface area contributed by atoms with Gasteiger partial charge in [-0.3, -0.25) is 10.1 Å². The van der Waals surface area contributed by atoms with Gasteiger partial charge in [-0.2, -0.15) is 0 Å². The Kier molecular flexibility index (Phi) is 6.95. The smallest absolute Gasteiger partial charge is 0.272 e. The minimum atomic E-state index is -3.59. The summed E-state index contributed by atoms with van der Waals surface area (Å²) in [6.45, 7) is 0.0482. The summed E-state index contributed by atoms with van der Waals surface area (Å²) in [6, 6.07) is 2.23. The van der Waals surface area contributed by atoms with Crippen LogP contribution in [0.2, 0.25) is 10.0 Å². The maximum Gasteiger partial charge on any atom is 0.272 e. The molecule has 0 saturated carbocycles. The summed E-state index contributed by atoms with van der Waals surface area (Å²) in [5.41, 5.74) is -0.249. The highest BCUT2D eigenvalue weighted by molar-refractivity contribution is 8.13. The Labute approximate surface area is 135 Å². The predicted octanol–water partition coefficient (Wildman–Crippen LogP) is 2.87. The molecular weight excluding hydrogens is 369 g/mol. The van der Waals surface area contributed by atoms with Crippen LogP contribution < -0.4 is 4.74 Å². The van der Waals surface area contributed by atoms with E-state index in [4.69, 9.17) is 43.4 Å². The second kappa shape index (κ2) is 8.00. The maximum absolute atomic E-state index is 10.6. The molecule has 0 saturated heterocycles. The Morgan fingerprint density at radius 2 is 1.71 bits per heavy atom. The SMILES string of the molecule is O=[N+]([O-])c1cc(Cl)c(OCCOCCS(=O)(=O)Cl)c(Cl)c1. The van der Waals surface area contributed by atoms with Crippen molar-refractivity contribution in [2.45, 2.75) is 0 Å². The van der Waals surface area contributed by atoms with Crippen LogP contribution in [0, 0.1) is 10.1 Å². The van der Waals surface area contributed by atoms with Gasteiger partial charge in [-0.1, -0.05) is 23.2 Å². The van der Waals surface area contributed by atoms with E-state index in [1.807, 2.05) is 0 Å². The first-order chi connectivity index (χ1) is 9.70. The monoisotopic (exact) mass is 377 g/mol. The molecule has 1 aromatic rings. The molecule has 0 unspecified atom stereocenters. The highest BCUT2D eigenvalue weighted by atomic mass is 35.7. The number of nitro groups is 1. The Morgan fingerprint density at radius 3 is 2.19 bits per heavy atom. The number of ether oxygens (including phenoxy) is 2. The average molecular weight is 379 g/mol. The van der Waals surface area contributed by atoms with Crippen LogP contribution >= 0.6 is 33.9 Å². The number of nitrogens with zero attached hydrogens (tertiary/aromatic N) is 1. The summed E-state index contributed by atoms with van der Waals surface area (Å²) in [4.78, 5) is 9.97. The zero-order chi connectivity index (χ0) is 16.0. The van der Waals surface area contributed by atoms with Crippen molar-refractivity contribution in [3.05, 3.63) is 32.3 Å². The highest BCUT2D eigenvalue weighted by Crippen LogP contribution is 2.36. The molecule has 1 aromatic carbocycles. The topological polar surface area (TPSA) is 95.7 Å². The van der Waals surface area contributed by atoms with E-state index in [-0.39, 0.29) is 47.1 Å². The third-order valence-electron chi connectivity index (χ3n) is 2.14. The zero-order valence-electron chi connectivity index (χ0n) is 10.4. The molecule has 0 aromatic heterocycles. The average Bonchev–Trinajstić information content (AvgIpc) is 2.34. The van der Waals surface area contributed by atoms with E-state index in [0.717, 1.165) is 12.1 Å². The normalized spacial score (nSPS) is 11.4. The van der Waals surface area contributed by atoms with E-state index >= 15 is 0 Å².